The van der Waals surface area contributed by atoms with E-state index >= 15 is 4.39 Å². The average Bonchev–Trinajstić information content (AvgIpc) is 3.20. The second-order valence-corrected chi connectivity index (χ2v) is 8.71. The number of pyridine rings is 1. The predicted octanol–water partition coefficient (Wildman–Crippen LogP) is 2.66. The van der Waals surface area contributed by atoms with Crippen molar-refractivity contribution >= 4 is 22.6 Å². The Morgan fingerprint density at radius 1 is 1.32 bits per heavy atom. The molecule has 1 saturated carbocycles. The van der Waals surface area contributed by atoms with E-state index in [9.17, 15) is 14.7 Å². The standard InChI is InChI=1S/C21H24FN3O3/c1-11-2-3-14-17-12(8-15(20(27)28)19(26)25(11)17)9-16(22)18(14)24-7-4-13(10-24)21(23)5-6-21/h8-9,11,13H,2-7,10,23H2,1H3,(H,27,28)/t11-,13+/m0/s1. The predicted molar refractivity (Wildman–Crippen MR) is 105 cm³/mol. The average molecular weight is 385 g/mol. The van der Waals surface area contributed by atoms with Gasteiger partial charge in [-0.05, 0) is 57.1 Å². The molecule has 6 nitrogen and oxygen atoms in total. The first-order valence-corrected chi connectivity index (χ1v) is 9.98. The van der Waals surface area contributed by atoms with Gasteiger partial charge in [0.05, 0.1) is 11.2 Å². The molecule has 3 heterocycles. The molecule has 1 aromatic heterocycles. The number of hydrogen-bond acceptors (Lipinski definition) is 4. The van der Waals surface area contributed by atoms with Gasteiger partial charge in [0, 0.05) is 35.6 Å². The molecule has 5 rings (SSSR count). The molecular formula is C21H24FN3O3. The van der Waals surface area contributed by atoms with Gasteiger partial charge in [-0.2, -0.15) is 0 Å². The van der Waals surface area contributed by atoms with Gasteiger partial charge < -0.3 is 20.3 Å². The van der Waals surface area contributed by atoms with Crippen LogP contribution >= 0.6 is 0 Å². The maximum absolute atomic E-state index is 15.2. The number of aromatic carboxylic acids is 1. The molecular weight excluding hydrogens is 361 g/mol. The van der Waals surface area contributed by atoms with Crippen LogP contribution in [0.1, 0.15) is 54.6 Å². The number of nitrogens with zero attached hydrogens (tertiary/aromatic N) is 2. The van der Waals surface area contributed by atoms with Crippen molar-refractivity contribution in [1.29, 1.82) is 0 Å². The van der Waals surface area contributed by atoms with Crippen LogP contribution in [-0.2, 0) is 6.42 Å². The minimum Gasteiger partial charge on any atom is -0.477 e. The lowest BCUT2D eigenvalue weighted by molar-refractivity contribution is 0.0694. The first-order chi connectivity index (χ1) is 13.3. The van der Waals surface area contributed by atoms with Crippen LogP contribution in [-0.4, -0.2) is 34.3 Å². The Labute approximate surface area is 161 Å². The first kappa shape index (κ1) is 17.7. The summed E-state index contributed by atoms with van der Waals surface area (Å²) in [6, 6.07) is 2.58. The van der Waals surface area contributed by atoms with Gasteiger partial charge in [0.2, 0.25) is 0 Å². The lowest BCUT2D eigenvalue weighted by Crippen LogP contribution is -2.35. The third-order valence-corrected chi connectivity index (χ3v) is 6.97. The number of carboxylic acid groups (broad SMARTS) is 1. The van der Waals surface area contributed by atoms with Crippen LogP contribution in [0, 0.1) is 11.7 Å². The van der Waals surface area contributed by atoms with E-state index in [0.717, 1.165) is 37.9 Å². The Morgan fingerprint density at radius 2 is 2.07 bits per heavy atom. The fraction of sp³-hybridized carbons (Fsp3) is 0.524. The number of benzene rings is 1. The van der Waals surface area contributed by atoms with E-state index in [2.05, 4.69) is 4.90 Å². The summed E-state index contributed by atoms with van der Waals surface area (Å²) < 4.78 is 16.8. The van der Waals surface area contributed by atoms with Gasteiger partial charge in [-0.15, -0.1) is 0 Å². The van der Waals surface area contributed by atoms with Crippen molar-refractivity contribution in [3.63, 3.8) is 0 Å². The van der Waals surface area contributed by atoms with Crippen molar-refractivity contribution in [3.05, 3.63) is 39.4 Å². The third kappa shape index (κ3) is 2.42. The summed E-state index contributed by atoms with van der Waals surface area (Å²) in [5.41, 5.74) is 7.56. The largest absolute Gasteiger partial charge is 0.477 e. The van der Waals surface area contributed by atoms with Crippen LogP contribution in [0.25, 0.3) is 10.9 Å². The van der Waals surface area contributed by atoms with Gasteiger partial charge in [0.25, 0.3) is 5.56 Å². The zero-order valence-electron chi connectivity index (χ0n) is 15.9. The number of nitrogens with two attached hydrogens (primary N) is 1. The smallest absolute Gasteiger partial charge is 0.341 e. The Balaban J connectivity index is 1.70. The summed E-state index contributed by atoms with van der Waals surface area (Å²) >= 11 is 0. The molecule has 1 aliphatic carbocycles. The van der Waals surface area contributed by atoms with Crippen molar-refractivity contribution in [2.45, 2.75) is 50.6 Å². The number of aryl methyl sites for hydroxylation is 1. The number of carboxylic acids is 1. The second-order valence-electron chi connectivity index (χ2n) is 8.71. The van der Waals surface area contributed by atoms with Crippen molar-refractivity contribution in [1.82, 2.24) is 4.57 Å². The molecule has 3 N–H and O–H groups in total. The van der Waals surface area contributed by atoms with Crippen molar-refractivity contribution in [2.24, 2.45) is 11.7 Å². The summed E-state index contributed by atoms with van der Waals surface area (Å²) in [6.45, 7) is 3.40. The van der Waals surface area contributed by atoms with Gasteiger partial charge in [0.15, 0.2) is 0 Å². The minimum atomic E-state index is -1.28. The minimum absolute atomic E-state index is 0.0910. The number of hydrogen-bond donors (Lipinski definition) is 2. The fourth-order valence-electron chi connectivity index (χ4n) is 5.17. The van der Waals surface area contributed by atoms with E-state index in [1.165, 1.54) is 12.1 Å². The number of anilines is 1. The Morgan fingerprint density at radius 3 is 2.75 bits per heavy atom. The van der Waals surface area contributed by atoms with Gasteiger partial charge in [-0.3, -0.25) is 4.79 Å². The molecule has 3 aliphatic rings. The molecule has 2 aromatic rings. The van der Waals surface area contributed by atoms with Gasteiger partial charge >= 0.3 is 5.97 Å². The molecule has 148 valence electrons. The molecule has 28 heavy (non-hydrogen) atoms. The summed E-state index contributed by atoms with van der Waals surface area (Å²) in [7, 11) is 0. The molecule has 1 aromatic carbocycles. The maximum Gasteiger partial charge on any atom is 0.341 e. The molecule has 0 unspecified atom stereocenters. The van der Waals surface area contributed by atoms with E-state index < -0.39 is 11.5 Å². The highest BCUT2D eigenvalue weighted by atomic mass is 19.1. The number of rotatable bonds is 3. The number of aromatic nitrogens is 1. The second kappa shape index (κ2) is 5.80. The van der Waals surface area contributed by atoms with Crippen LogP contribution in [0.3, 0.4) is 0 Å². The maximum atomic E-state index is 15.2. The summed E-state index contributed by atoms with van der Waals surface area (Å²) in [5, 5.41) is 9.88. The van der Waals surface area contributed by atoms with E-state index in [-0.39, 0.29) is 23.0 Å². The highest BCUT2D eigenvalue weighted by Crippen LogP contribution is 2.46. The highest BCUT2D eigenvalue weighted by Gasteiger charge is 2.48. The van der Waals surface area contributed by atoms with E-state index in [0.29, 0.717) is 35.3 Å². The lowest BCUT2D eigenvalue weighted by Gasteiger charge is -2.31. The highest BCUT2D eigenvalue weighted by molar-refractivity contribution is 5.95. The quantitative estimate of drug-likeness (QED) is 0.848. The van der Waals surface area contributed by atoms with Crippen LogP contribution in [0.2, 0.25) is 0 Å². The topological polar surface area (TPSA) is 88.6 Å². The van der Waals surface area contributed by atoms with Gasteiger partial charge in [0.1, 0.15) is 11.4 Å². The summed E-state index contributed by atoms with van der Waals surface area (Å²) in [6.07, 6.45) is 4.38. The lowest BCUT2D eigenvalue weighted by atomic mass is 9.93. The number of carbonyl (C=O) groups is 1. The van der Waals surface area contributed by atoms with Crippen molar-refractivity contribution < 1.29 is 14.3 Å². The molecule has 0 bridgehead atoms. The molecule has 0 radical (unpaired) electrons. The van der Waals surface area contributed by atoms with Crippen LogP contribution < -0.4 is 16.2 Å². The first-order valence-electron chi connectivity index (χ1n) is 9.98. The molecule has 0 spiro atoms. The zero-order chi connectivity index (χ0) is 19.8. The third-order valence-electron chi connectivity index (χ3n) is 6.97. The molecule has 2 atom stereocenters. The van der Waals surface area contributed by atoms with Crippen molar-refractivity contribution in [3.8, 4) is 0 Å². The van der Waals surface area contributed by atoms with Gasteiger partial charge in [-0.1, -0.05) is 0 Å². The van der Waals surface area contributed by atoms with E-state index in [4.69, 9.17) is 5.73 Å². The Bertz CT molecular complexity index is 1070. The van der Waals surface area contributed by atoms with Gasteiger partial charge in [-0.25, -0.2) is 9.18 Å². The molecule has 2 fully saturated rings. The van der Waals surface area contributed by atoms with Crippen LogP contribution in [0.5, 0.6) is 0 Å². The van der Waals surface area contributed by atoms with E-state index in [1.54, 1.807) is 4.57 Å². The molecule has 1 saturated heterocycles. The fourth-order valence-corrected chi connectivity index (χ4v) is 5.17. The Hall–Kier alpha value is -2.41. The molecule has 0 amide bonds. The van der Waals surface area contributed by atoms with Crippen molar-refractivity contribution in [2.75, 3.05) is 18.0 Å². The van der Waals surface area contributed by atoms with Crippen LogP contribution in [0.15, 0.2) is 16.9 Å². The summed E-state index contributed by atoms with van der Waals surface area (Å²) in [4.78, 5) is 26.4. The Kier molecular flexibility index (Phi) is 3.66. The molecule has 2 aliphatic heterocycles. The van der Waals surface area contributed by atoms with Crippen LogP contribution in [0.4, 0.5) is 10.1 Å². The SMILES string of the molecule is C[C@H]1CCc2c(N3CC[C@@H](C4(N)CC4)C3)c(F)cc3cc(C(=O)O)c(=O)n1c23. The monoisotopic (exact) mass is 385 g/mol. The normalized spacial score (nSPS) is 25.3. The zero-order valence-corrected chi connectivity index (χ0v) is 15.9. The summed E-state index contributed by atoms with van der Waals surface area (Å²) in [5.74, 6) is -1.26. The van der Waals surface area contributed by atoms with E-state index in [1.807, 2.05) is 6.92 Å². The number of halogens is 1. The molecule has 7 heteroatoms.